The molecule has 0 aliphatic carbocycles. The summed E-state index contributed by atoms with van der Waals surface area (Å²) in [4.78, 5) is 30.2. The number of nitrogens with zero attached hydrogens (tertiary/aromatic N) is 1. The van der Waals surface area contributed by atoms with E-state index in [1.165, 1.54) is 23.9 Å². The molecule has 0 aromatic heterocycles. The lowest BCUT2D eigenvalue weighted by atomic mass is 9.85. The number of hydrogen-bond donors (Lipinski definition) is 2. The molecular weight excluding hydrogens is 376 g/mol. The van der Waals surface area contributed by atoms with Crippen molar-refractivity contribution in [1.29, 1.82) is 0 Å². The van der Waals surface area contributed by atoms with Crippen molar-refractivity contribution in [3.63, 3.8) is 0 Å². The molecule has 2 aromatic rings. The van der Waals surface area contributed by atoms with E-state index in [4.69, 9.17) is 4.84 Å². The van der Waals surface area contributed by atoms with E-state index >= 15 is 0 Å². The molecule has 2 N–H and O–H groups in total. The number of thioether (sulfide) groups is 1. The highest BCUT2D eigenvalue weighted by atomic mass is 32.2. The van der Waals surface area contributed by atoms with Crippen molar-refractivity contribution in [2.75, 3.05) is 25.2 Å². The van der Waals surface area contributed by atoms with Crippen molar-refractivity contribution in [2.45, 2.75) is 31.1 Å². The number of phenols is 1. The molecule has 0 spiro atoms. The van der Waals surface area contributed by atoms with Crippen molar-refractivity contribution < 1.29 is 19.5 Å². The van der Waals surface area contributed by atoms with Crippen LogP contribution >= 0.6 is 11.8 Å². The van der Waals surface area contributed by atoms with E-state index in [1.807, 2.05) is 39.0 Å². The molecule has 2 aromatic carbocycles. The third-order valence-electron chi connectivity index (χ3n) is 4.15. The lowest BCUT2D eigenvalue weighted by molar-refractivity contribution is -0.165. The number of phenolic OH excluding ortho intramolecular Hbond substituents is 1. The summed E-state index contributed by atoms with van der Waals surface area (Å²) >= 11 is 1.36. The average molecular weight is 403 g/mol. The third kappa shape index (κ3) is 5.74. The van der Waals surface area contributed by atoms with Gasteiger partial charge in [0.05, 0.1) is 12.9 Å². The first kappa shape index (κ1) is 21.8. The number of hydrogen-bond acceptors (Lipinski definition) is 5. The third-order valence-corrected chi connectivity index (χ3v) is 5.12. The van der Waals surface area contributed by atoms with E-state index < -0.39 is 0 Å². The minimum Gasteiger partial charge on any atom is -0.508 e. The van der Waals surface area contributed by atoms with Crippen LogP contribution in [0.25, 0.3) is 0 Å². The Hall–Kier alpha value is -2.51. The van der Waals surface area contributed by atoms with Crippen LogP contribution in [0.5, 0.6) is 5.75 Å². The van der Waals surface area contributed by atoms with Crippen molar-refractivity contribution in [2.24, 2.45) is 0 Å². The fourth-order valence-corrected chi connectivity index (χ4v) is 3.34. The highest BCUT2D eigenvalue weighted by Crippen LogP contribution is 2.31. The molecule has 28 heavy (non-hydrogen) atoms. The molecule has 0 fully saturated rings. The van der Waals surface area contributed by atoms with Gasteiger partial charge in [-0.05, 0) is 41.8 Å². The number of hydroxylamine groups is 2. The average Bonchev–Trinajstić information content (AvgIpc) is 2.65. The summed E-state index contributed by atoms with van der Waals surface area (Å²) in [6, 6.07) is 12.1. The molecule has 0 heterocycles. The quantitative estimate of drug-likeness (QED) is 0.563. The van der Waals surface area contributed by atoms with Crippen LogP contribution in [0.2, 0.25) is 0 Å². The molecule has 2 rings (SSSR count). The maximum Gasteiger partial charge on any atom is 0.256 e. The van der Waals surface area contributed by atoms with Gasteiger partial charge in [-0.15, -0.1) is 11.8 Å². The Morgan fingerprint density at radius 2 is 1.89 bits per heavy atom. The predicted octanol–water partition coefficient (Wildman–Crippen LogP) is 4.05. The van der Waals surface area contributed by atoms with Crippen molar-refractivity contribution in [3.8, 4) is 5.75 Å². The number of carbonyl (C=O) groups is 2. The summed E-state index contributed by atoms with van der Waals surface area (Å²) in [5.41, 5.74) is 1.54. The molecule has 6 nitrogen and oxygen atoms in total. The maximum absolute atomic E-state index is 12.6. The SMILES string of the molecule is CON(C)C(=O)CSc1cccc(NC(=O)c2ccc(O)c(C(C)(C)C)c2)c1. The van der Waals surface area contributed by atoms with Gasteiger partial charge in [-0.1, -0.05) is 26.8 Å². The molecule has 0 unspecified atom stereocenters. The number of anilines is 1. The van der Waals surface area contributed by atoms with Crippen LogP contribution in [-0.2, 0) is 15.0 Å². The van der Waals surface area contributed by atoms with Gasteiger partial charge in [0.2, 0.25) is 0 Å². The van der Waals surface area contributed by atoms with Crippen LogP contribution in [-0.4, -0.2) is 41.9 Å². The molecule has 0 radical (unpaired) electrons. The molecule has 0 atom stereocenters. The van der Waals surface area contributed by atoms with Crippen molar-refractivity contribution >= 4 is 29.3 Å². The van der Waals surface area contributed by atoms with Crippen molar-refractivity contribution in [1.82, 2.24) is 5.06 Å². The van der Waals surface area contributed by atoms with Gasteiger partial charge in [0.15, 0.2) is 0 Å². The Kier molecular flexibility index (Phi) is 7.10. The number of carbonyl (C=O) groups excluding carboxylic acids is 2. The normalized spacial score (nSPS) is 11.2. The molecule has 2 amide bonds. The molecule has 0 saturated heterocycles. The monoisotopic (exact) mass is 402 g/mol. The van der Waals surface area contributed by atoms with Gasteiger partial charge < -0.3 is 10.4 Å². The zero-order chi connectivity index (χ0) is 20.9. The van der Waals surface area contributed by atoms with Gasteiger partial charge in [-0.3, -0.25) is 14.4 Å². The minimum absolute atomic E-state index is 0.152. The fraction of sp³-hybridized carbons (Fsp3) is 0.333. The summed E-state index contributed by atoms with van der Waals surface area (Å²) < 4.78 is 0. The standard InChI is InChI=1S/C21H26N2O4S/c1-21(2,3)17-11-14(9-10-18(17)24)20(26)22-15-7-6-8-16(12-15)28-13-19(25)23(4)27-5/h6-12,24H,13H2,1-5H3,(H,22,26). The minimum atomic E-state index is -0.279. The number of nitrogens with one attached hydrogen (secondary N) is 1. The second-order valence-corrected chi connectivity index (χ2v) is 8.38. The van der Waals surface area contributed by atoms with Crippen LogP contribution < -0.4 is 5.32 Å². The molecule has 0 saturated carbocycles. The summed E-state index contributed by atoms with van der Waals surface area (Å²) in [6.07, 6.45) is 0. The van der Waals surface area contributed by atoms with E-state index in [0.29, 0.717) is 16.8 Å². The highest BCUT2D eigenvalue weighted by Gasteiger charge is 2.20. The number of amides is 2. The lowest BCUT2D eigenvalue weighted by Gasteiger charge is -2.21. The van der Waals surface area contributed by atoms with Gasteiger partial charge in [0, 0.05) is 28.8 Å². The van der Waals surface area contributed by atoms with E-state index in [9.17, 15) is 14.7 Å². The lowest BCUT2D eigenvalue weighted by Crippen LogP contribution is -2.26. The Morgan fingerprint density at radius 3 is 2.54 bits per heavy atom. The first-order valence-corrected chi connectivity index (χ1v) is 9.78. The zero-order valence-corrected chi connectivity index (χ0v) is 17.6. The molecular formula is C21H26N2O4S. The van der Waals surface area contributed by atoms with Gasteiger partial charge >= 0.3 is 0 Å². The Labute approximate surface area is 169 Å². The predicted molar refractivity (Wildman–Crippen MR) is 112 cm³/mol. The molecule has 150 valence electrons. The fourth-order valence-electron chi connectivity index (χ4n) is 2.48. The van der Waals surface area contributed by atoms with Crippen LogP contribution in [0, 0.1) is 0 Å². The number of aromatic hydroxyl groups is 1. The molecule has 0 aliphatic rings. The van der Waals surface area contributed by atoms with Crippen LogP contribution in [0.1, 0.15) is 36.7 Å². The topological polar surface area (TPSA) is 78.9 Å². The van der Waals surface area contributed by atoms with Gasteiger partial charge in [0.25, 0.3) is 11.8 Å². The second kappa shape index (κ2) is 9.12. The second-order valence-electron chi connectivity index (χ2n) is 7.33. The van der Waals surface area contributed by atoms with E-state index in [1.54, 1.807) is 31.3 Å². The van der Waals surface area contributed by atoms with Gasteiger partial charge in [-0.25, -0.2) is 5.06 Å². The molecule has 0 bridgehead atoms. The maximum atomic E-state index is 12.6. The van der Waals surface area contributed by atoms with Crippen LogP contribution in [0.3, 0.4) is 0 Å². The van der Waals surface area contributed by atoms with Crippen LogP contribution in [0.15, 0.2) is 47.4 Å². The first-order chi connectivity index (χ1) is 13.1. The first-order valence-electron chi connectivity index (χ1n) is 8.80. The molecule has 0 aliphatic heterocycles. The number of benzene rings is 2. The van der Waals surface area contributed by atoms with E-state index in [0.717, 1.165) is 4.90 Å². The molecule has 7 heteroatoms. The van der Waals surface area contributed by atoms with E-state index in [2.05, 4.69) is 5.32 Å². The van der Waals surface area contributed by atoms with Gasteiger partial charge in [-0.2, -0.15) is 0 Å². The Morgan fingerprint density at radius 1 is 1.18 bits per heavy atom. The van der Waals surface area contributed by atoms with Crippen LogP contribution in [0.4, 0.5) is 5.69 Å². The largest absolute Gasteiger partial charge is 0.508 e. The van der Waals surface area contributed by atoms with Crippen molar-refractivity contribution in [3.05, 3.63) is 53.6 Å². The Balaban J connectivity index is 2.10. The van der Waals surface area contributed by atoms with E-state index in [-0.39, 0.29) is 28.7 Å². The summed E-state index contributed by atoms with van der Waals surface area (Å²) in [5, 5.41) is 14.1. The summed E-state index contributed by atoms with van der Waals surface area (Å²) in [5.74, 6) is -0.00834. The Bertz CT molecular complexity index is 862. The van der Waals surface area contributed by atoms with Gasteiger partial charge in [0.1, 0.15) is 5.75 Å². The number of rotatable bonds is 6. The highest BCUT2D eigenvalue weighted by molar-refractivity contribution is 8.00. The summed E-state index contributed by atoms with van der Waals surface area (Å²) in [7, 11) is 3.00. The summed E-state index contributed by atoms with van der Waals surface area (Å²) in [6.45, 7) is 5.94. The zero-order valence-electron chi connectivity index (χ0n) is 16.8. The smallest absolute Gasteiger partial charge is 0.256 e.